The van der Waals surface area contributed by atoms with E-state index in [0.29, 0.717) is 28.1 Å². The lowest BCUT2D eigenvalue weighted by atomic mass is 10.0. The number of ether oxygens (including phenoxy) is 1. The number of rotatable bonds is 9. The number of nitrogens with one attached hydrogen (secondary N) is 2. The highest BCUT2D eigenvalue weighted by Gasteiger charge is 2.12. The van der Waals surface area contributed by atoms with Crippen LogP contribution < -0.4 is 15.6 Å². The zero-order valence-electron chi connectivity index (χ0n) is 16.3. The summed E-state index contributed by atoms with van der Waals surface area (Å²) in [4.78, 5) is 24.4. The molecule has 1 atom stereocenters. The fourth-order valence-corrected chi connectivity index (χ4v) is 3.18. The predicted octanol–water partition coefficient (Wildman–Crippen LogP) is 5.12. The number of carbonyl (C=O) groups is 2. The van der Waals surface area contributed by atoms with Gasteiger partial charge in [-0.05, 0) is 64.7 Å². The van der Waals surface area contributed by atoms with Gasteiger partial charge in [-0.15, -0.1) is 0 Å². The maximum Gasteiger partial charge on any atom is 0.270 e. The molecule has 0 saturated heterocycles. The van der Waals surface area contributed by atoms with E-state index in [9.17, 15) is 9.59 Å². The summed E-state index contributed by atoms with van der Waals surface area (Å²) in [6.07, 6.45) is 4.67. The van der Waals surface area contributed by atoms with Gasteiger partial charge in [-0.25, -0.2) is 0 Å². The summed E-state index contributed by atoms with van der Waals surface area (Å²) in [6, 6.07) is 13.9. The van der Waals surface area contributed by atoms with Crippen LogP contribution in [0.5, 0.6) is 5.75 Å². The zero-order valence-corrected chi connectivity index (χ0v) is 17.9. The first-order valence-corrected chi connectivity index (χ1v) is 10.4. The summed E-state index contributed by atoms with van der Waals surface area (Å²) < 4.78 is 6.51. The molecule has 0 heterocycles. The van der Waals surface area contributed by atoms with Crippen molar-refractivity contribution in [2.24, 2.45) is 5.92 Å². The van der Waals surface area contributed by atoms with E-state index >= 15 is 0 Å². The molecular weight excluding hydrogens is 420 g/mol. The van der Waals surface area contributed by atoms with Gasteiger partial charge in [0.05, 0.1) is 12.2 Å². The standard InChI is InChI=1S/C22H27BrN2O3/c1-3-5-8-16(4-2)15-28-18-13-11-17(12-14-18)21(26)24-25-22(27)19-9-6-7-10-20(19)23/h6-7,9-14,16H,3-5,8,15H2,1-2H3,(H,24,26)(H,25,27)/t16-/m0/s1. The number of hydrogen-bond donors (Lipinski definition) is 2. The van der Waals surface area contributed by atoms with Gasteiger partial charge in [-0.3, -0.25) is 20.4 Å². The van der Waals surface area contributed by atoms with Gasteiger partial charge in [-0.2, -0.15) is 0 Å². The normalized spacial score (nSPS) is 11.5. The van der Waals surface area contributed by atoms with E-state index in [1.54, 1.807) is 42.5 Å². The molecule has 28 heavy (non-hydrogen) atoms. The van der Waals surface area contributed by atoms with Crippen molar-refractivity contribution in [2.45, 2.75) is 39.5 Å². The Kier molecular flexibility index (Phi) is 9.01. The Morgan fingerprint density at radius 1 is 1.00 bits per heavy atom. The van der Waals surface area contributed by atoms with Crippen LogP contribution >= 0.6 is 15.9 Å². The van der Waals surface area contributed by atoms with Crippen molar-refractivity contribution < 1.29 is 14.3 Å². The highest BCUT2D eigenvalue weighted by molar-refractivity contribution is 9.10. The van der Waals surface area contributed by atoms with Crippen LogP contribution in [0.25, 0.3) is 0 Å². The first kappa shape index (κ1) is 22.0. The number of amides is 2. The molecule has 0 unspecified atom stereocenters. The van der Waals surface area contributed by atoms with Gasteiger partial charge in [0.15, 0.2) is 0 Å². The summed E-state index contributed by atoms with van der Waals surface area (Å²) in [5, 5.41) is 0. The minimum Gasteiger partial charge on any atom is -0.493 e. The molecule has 0 aliphatic carbocycles. The third-order valence-corrected chi connectivity index (χ3v) is 5.25. The van der Waals surface area contributed by atoms with Crippen LogP contribution in [0.1, 0.15) is 60.2 Å². The summed E-state index contributed by atoms with van der Waals surface area (Å²) >= 11 is 3.31. The van der Waals surface area contributed by atoms with Gasteiger partial charge in [0.2, 0.25) is 0 Å². The Labute approximate surface area is 175 Å². The van der Waals surface area contributed by atoms with Crippen molar-refractivity contribution in [2.75, 3.05) is 6.61 Å². The van der Waals surface area contributed by atoms with Gasteiger partial charge in [0, 0.05) is 10.0 Å². The highest BCUT2D eigenvalue weighted by atomic mass is 79.9. The molecule has 0 bridgehead atoms. The van der Waals surface area contributed by atoms with E-state index in [0.717, 1.165) is 12.2 Å². The third-order valence-electron chi connectivity index (χ3n) is 4.55. The number of benzene rings is 2. The molecule has 0 aliphatic rings. The van der Waals surface area contributed by atoms with Crippen LogP contribution in [0.2, 0.25) is 0 Å². The SMILES string of the molecule is CCCC[C@H](CC)COc1ccc(C(=O)NNC(=O)c2ccccc2Br)cc1. The maximum atomic E-state index is 12.2. The molecular formula is C22H27BrN2O3. The Balaban J connectivity index is 1.84. The van der Waals surface area contributed by atoms with Crippen LogP contribution in [0.3, 0.4) is 0 Å². The second-order valence-corrected chi connectivity index (χ2v) is 7.49. The smallest absolute Gasteiger partial charge is 0.270 e. The number of unbranched alkanes of at least 4 members (excludes halogenated alkanes) is 1. The predicted molar refractivity (Wildman–Crippen MR) is 114 cm³/mol. The summed E-state index contributed by atoms with van der Waals surface area (Å²) in [6.45, 7) is 5.06. The van der Waals surface area contributed by atoms with E-state index in [1.165, 1.54) is 19.3 Å². The topological polar surface area (TPSA) is 67.4 Å². The van der Waals surface area contributed by atoms with E-state index in [-0.39, 0.29) is 5.91 Å². The Bertz CT molecular complexity index is 778. The molecule has 0 saturated carbocycles. The monoisotopic (exact) mass is 446 g/mol. The summed E-state index contributed by atoms with van der Waals surface area (Å²) in [5.41, 5.74) is 5.73. The average Bonchev–Trinajstić information content (AvgIpc) is 2.72. The molecule has 0 aliphatic heterocycles. The first-order chi connectivity index (χ1) is 13.5. The molecule has 0 spiro atoms. The van der Waals surface area contributed by atoms with Gasteiger partial charge in [-0.1, -0.05) is 45.2 Å². The van der Waals surface area contributed by atoms with Gasteiger partial charge in [0.1, 0.15) is 5.75 Å². The molecule has 0 fully saturated rings. The van der Waals surface area contributed by atoms with Crippen LogP contribution in [0.15, 0.2) is 53.0 Å². The fraction of sp³-hybridized carbons (Fsp3) is 0.364. The number of carbonyl (C=O) groups excluding carboxylic acids is 2. The van der Waals surface area contributed by atoms with E-state index in [2.05, 4.69) is 40.6 Å². The van der Waals surface area contributed by atoms with Crippen molar-refractivity contribution >= 4 is 27.7 Å². The average molecular weight is 447 g/mol. The Morgan fingerprint density at radius 2 is 1.68 bits per heavy atom. The molecule has 0 aromatic heterocycles. The second-order valence-electron chi connectivity index (χ2n) is 6.64. The van der Waals surface area contributed by atoms with Gasteiger partial charge < -0.3 is 4.74 Å². The molecule has 2 amide bonds. The lowest BCUT2D eigenvalue weighted by molar-refractivity contribution is 0.0846. The third kappa shape index (κ3) is 6.68. The molecule has 0 radical (unpaired) electrons. The fourth-order valence-electron chi connectivity index (χ4n) is 2.71. The molecule has 6 heteroatoms. The molecule has 150 valence electrons. The van der Waals surface area contributed by atoms with Crippen LogP contribution in [0.4, 0.5) is 0 Å². The van der Waals surface area contributed by atoms with Crippen molar-refractivity contribution in [3.05, 3.63) is 64.1 Å². The lowest BCUT2D eigenvalue weighted by Crippen LogP contribution is -2.41. The highest BCUT2D eigenvalue weighted by Crippen LogP contribution is 2.18. The molecule has 2 aromatic carbocycles. The van der Waals surface area contributed by atoms with Crippen molar-refractivity contribution in [3.63, 3.8) is 0 Å². The Morgan fingerprint density at radius 3 is 2.32 bits per heavy atom. The quantitative estimate of drug-likeness (QED) is 0.525. The van der Waals surface area contributed by atoms with Crippen LogP contribution in [-0.4, -0.2) is 18.4 Å². The number of hydrazine groups is 1. The zero-order chi connectivity index (χ0) is 20.4. The molecule has 2 aromatic rings. The van der Waals surface area contributed by atoms with Crippen LogP contribution in [0, 0.1) is 5.92 Å². The molecule has 2 N–H and O–H groups in total. The van der Waals surface area contributed by atoms with E-state index < -0.39 is 5.91 Å². The van der Waals surface area contributed by atoms with Crippen molar-refractivity contribution in [1.82, 2.24) is 10.9 Å². The van der Waals surface area contributed by atoms with Gasteiger partial charge >= 0.3 is 0 Å². The first-order valence-electron chi connectivity index (χ1n) is 9.63. The second kappa shape index (κ2) is 11.5. The minimum atomic E-state index is -0.390. The Hall–Kier alpha value is -2.34. The van der Waals surface area contributed by atoms with E-state index in [4.69, 9.17) is 4.74 Å². The lowest BCUT2D eigenvalue weighted by Gasteiger charge is -2.15. The van der Waals surface area contributed by atoms with E-state index in [1.807, 2.05) is 6.07 Å². The minimum absolute atomic E-state index is 0.388. The number of hydrogen-bond acceptors (Lipinski definition) is 3. The van der Waals surface area contributed by atoms with Crippen molar-refractivity contribution in [1.29, 1.82) is 0 Å². The van der Waals surface area contributed by atoms with Crippen LogP contribution in [-0.2, 0) is 0 Å². The molecule has 5 nitrogen and oxygen atoms in total. The maximum absolute atomic E-state index is 12.2. The largest absolute Gasteiger partial charge is 0.493 e. The number of halogens is 1. The molecule has 2 rings (SSSR count). The summed E-state index contributed by atoms with van der Waals surface area (Å²) in [7, 11) is 0. The summed E-state index contributed by atoms with van der Waals surface area (Å²) in [5.74, 6) is 0.513. The van der Waals surface area contributed by atoms with Crippen molar-refractivity contribution in [3.8, 4) is 5.75 Å². The van der Waals surface area contributed by atoms with Gasteiger partial charge in [0.25, 0.3) is 11.8 Å².